The number of amides is 2. The maximum atomic E-state index is 13.5. The van der Waals surface area contributed by atoms with Crippen LogP contribution >= 0.6 is 0 Å². The molecule has 0 bridgehead atoms. The van der Waals surface area contributed by atoms with Crippen molar-refractivity contribution in [3.05, 3.63) is 83.1 Å². The van der Waals surface area contributed by atoms with Crippen LogP contribution in [0.1, 0.15) is 12.5 Å². The first-order chi connectivity index (χ1) is 20.3. The van der Waals surface area contributed by atoms with E-state index >= 15 is 0 Å². The lowest BCUT2D eigenvalue weighted by Gasteiger charge is -2.27. The van der Waals surface area contributed by atoms with Gasteiger partial charge in [0.25, 0.3) is 11.8 Å². The topological polar surface area (TPSA) is 135 Å². The molecule has 1 fully saturated rings. The highest BCUT2D eigenvalue weighted by Crippen LogP contribution is 2.32. The molecule has 0 radical (unpaired) electrons. The zero-order valence-corrected chi connectivity index (χ0v) is 24.0. The molecule has 42 heavy (non-hydrogen) atoms. The first-order valence-electron chi connectivity index (χ1n) is 13.3. The van der Waals surface area contributed by atoms with E-state index in [4.69, 9.17) is 14.6 Å². The van der Waals surface area contributed by atoms with Gasteiger partial charge in [0, 0.05) is 43.1 Å². The van der Waals surface area contributed by atoms with E-state index in [0.29, 0.717) is 30.0 Å². The van der Waals surface area contributed by atoms with Gasteiger partial charge in [-0.3, -0.25) is 14.5 Å². The molecule has 3 aromatic rings. The highest BCUT2D eigenvalue weighted by atomic mass is 32.2. The Balaban J connectivity index is 1.65. The second-order valence-electron chi connectivity index (χ2n) is 9.68. The summed E-state index contributed by atoms with van der Waals surface area (Å²) in [6.45, 7) is 2.84. The van der Waals surface area contributed by atoms with Crippen molar-refractivity contribution in [1.29, 1.82) is 5.26 Å². The van der Waals surface area contributed by atoms with Crippen LogP contribution < -0.4 is 0 Å². The summed E-state index contributed by atoms with van der Waals surface area (Å²) in [7, 11) is -2.32. The molecule has 0 aliphatic carbocycles. The Morgan fingerprint density at radius 1 is 1.07 bits per heavy atom. The highest BCUT2D eigenvalue weighted by molar-refractivity contribution is 7.89. The Morgan fingerprint density at radius 3 is 2.50 bits per heavy atom. The van der Waals surface area contributed by atoms with Crippen LogP contribution in [-0.4, -0.2) is 85.8 Å². The number of para-hydroxylation sites is 1. The molecule has 216 valence electrons. The van der Waals surface area contributed by atoms with Gasteiger partial charge in [0.2, 0.25) is 10.0 Å². The lowest BCUT2D eigenvalue weighted by Crippen LogP contribution is -2.44. The molecule has 1 saturated heterocycles. The number of rotatable bonds is 8. The zero-order valence-electron chi connectivity index (χ0n) is 23.2. The smallest absolute Gasteiger partial charge is 0.271 e. The summed E-state index contributed by atoms with van der Waals surface area (Å²) >= 11 is 0. The highest BCUT2D eigenvalue weighted by Gasteiger charge is 2.35. The monoisotopic (exact) mass is 587 g/mol. The number of imide groups is 1. The molecule has 0 atom stereocenters. The summed E-state index contributed by atoms with van der Waals surface area (Å²) in [5, 5.41) is 14.5. The maximum absolute atomic E-state index is 13.5. The van der Waals surface area contributed by atoms with Crippen LogP contribution in [0, 0.1) is 11.3 Å². The van der Waals surface area contributed by atoms with E-state index in [1.165, 1.54) is 17.5 Å². The number of methoxy groups -OCH3 is 1. The lowest BCUT2D eigenvalue weighted by atomic mass is 9.93. The second-order valence-corrected chi connectivity index (χ2v) is 11.6. The van der Waals surface area contributed by atoms with E-state index in [9.17, 15) is 23.3 Å². The van der Waals surface area contributed by atoms with Gasteiger partial charge in [-0.05, 0) is 42.8 Å². The van der Waals surface area contributed by atoms with Gasteiger partial charge < -0.3 is 9.47 Å². The molecule has 11 nitrogen and oxygen atoms in total. The quantitative estimate of drug-likeness (QED) is 0.290. The van der Waals surface area contributed by atoms with Gasteiger partial charge in [-0.2, -0.15) is 14.7 Å². The Morgan fingerprint density at radius 2 is 1.81 bits per heavy atom. The summed E-state index contributed by atoms with van der Waals surface area (Å²) in [5.41, 5.74) is 2.47. The molecule has 0 spiro atoms. The molecule has 5 rings (SSSR count). The summed E-state index contributed by atoms with van der Waals surface area (Å²) in [6, 6.07) is 17.8. The third-order valence-corrected chi connectivity index (χ3v) is 9.02. The molecule has 2 aliphatic rings. The summed E-state index contributed by atoms with van der Waals surface area (Å²) in [6.07, 6.45) is 3.31. The summed E-state index contributed by atoms with van der Waals surface area (Å²) in [5.74, 6) is -1.23. The zero-order chi connectivity index (χ0) is 29.9. The van der Waals surface area contributed by atoms with Crippen molar-refractivity contribution in [2.75, 3.05) is 46.6 Å². The second kappa shape index (κ2) is 12.2. The Kier molecular flexibility index (Phi) is 8.46. The van der Waals surface area contributed by atoms with Crippen LogP contribution in [0.5, 0.6) is 0 Å². The number of hydrogen-bond donors (Lipinski definition) is 0. The van der Waals surface area contributed by atoms with Crippen molar-refractivity contribution >= 4 is 27.9 Å². The van der Waals surface area contributed by atoms with E-state index in [1.54, 1.807) is 42.1 Å². The van der Waals surface area contributed by atoms with Crippen molar-refractivity contribution < 1.29 is 27.5 Å². The number of carbonyl (C=O) groups is 2. The van der Waals surface area contributed by atoms with Crippen molar-refractivity contribution in [1.82, 2.24) is 19.0 Å². The van der Waals surface area contributed by atoms with Crippen LogP contribution in [0.25, 0.3) is 23.0 Å². The van der Waals surface area contributed by atoms with Crippen molar-refractivity contribution in [3.63, 3.8) is 0 Å². The molecule has 12 heteroatoms. The summed E-state index contributed by atoms with van der Waals surface area (Å²) < 4.78 is 40.2. The number of nitriles is 1. The Bertz CT molecular complexity index is 1730. The molecular weight excluding hydrogens is 558 g/mol. The fraction of sp³-hybridized carbons (Fsp3) is 0.267. The van der Waals surface area contributed by atoms with Crippen LogP contribution in [0.15, 0.2) is 82.4 Å². The average Bonchev–Trinajstić information content (AvgIpc) is 3.44. The Labute approximate surface area is 243 Å². The van der Waals surface area contributed by atoms with Crippen LogP contribution in [0.3, 0.4) is 0 Å². The molecule has 2 aliphatic heterocycles. The summed E-state index contributed by atoms with van der Waals surface area (Å²) in [4.78, 5) is 27.5. The van der Waals surface area contributed by atoms with Gasteiger partial charge in [0.05, 0.1) is 36.9 Å². The molecule has 1 aromatic heterocycles. The van der Waals surface area contributed by atoms with Gasteiger partial charge >= 0.3 is 0 Å². The lowest BCUT2D eigenvalue weighted by molar-refractivity contribution is -0.141. The van der Waals surface area contributed by atoms with Gasteiger partial charge in [-0.15, -0.1) is 0 Å². The predicted molar refractivity (Wildman–Crippen MR) is 153 cm³/mol. The number of morpholine rings is 1. The maximum Gasteiger partial charge on any atom is 0.271 e. The van der Waals surface area contributed by atoms with Crippen LogP contribution in [0.2, 0.25) is 0 Å². The largest absolute Gasteiger partial charge is 0.383 e. The van der Waals surface area contributed by atoms with Gasteiger partial charge in [-0.25, -0.2) is 13.1 Å². The van der Waals surface area contributed by atoms with Crippen molar-refractivity contribution in [2.45, 2.75) is 11.8 Å². The third-order valence-electron chi connectivity index (χ3n) is 7.12. The van der Waals surface area contributed by atoms with E-state index in [2.05, 4.69) is 0 Å². The minimum absolute atomic E-state index is 0.0124. The number of benzene rings is 2. The number of carbonyl (C=O) groups excluding carboxylic acids is 2. The fourth-order valence-corrected chi connectivity index (χ4v) is 6.30. The minimum atomic E-state index is -3.78. The molecular formula is C30H29N5O6S. The standard InChI is InChI=1S/C30H29N5O6S/c1-21-26(29(36)34(13-14-40-2)30(37)27(21)19-31)18-23-20-35(24-8-4-3-5-9-24)32-28(23)22-7-6-10-25(17-22)42(38,39)33-11-15-41-16-12-33/h3-10,17-18,20H,11-16H2,1-2H3/b26-18+. The van der Waals surface area contributed by atoms with Crippen LogP contribution in [0.4, 0.5) is 0 Å². The molecule has 0 N–H and O–H groups in total. The van der Waals surface area contributed by atoms with Gasteiger partial charge in [0.15, 0.2) is 0 Å². The predicted octanol–water partition coefficient (Wildman–Crippen LogP) is 2.80. The van der Waals surface area contributed by atoms with Crippen molar-refractivity contribution in [2.24, 2.45) is 0 Å². The van der Waals surface area contributed by atoms with Gasteiger partial charge in [0.1, 0.15) is 17.3 Å². The van der Waals surface area contributed by atoms with Crippen LogP contribution in [-0.2, 0) is 29.1 Å². The first-order valence-corrected chi connectivity index (χ1v) is 14.7. The van der Waals surface area contributed by atoms with E-state index < -0.39 is 21.8 Å². The molecule has 2 amide bonds. The van der Waals surface area contributed by atoms with Crippen molar-refractivity contribution in [3.8, 4) is 23.0 Å². The number of ether oxygens (including phenoxy) is 2. The number of sulfonamides is 1. The normalized spacial score (nSPS) is 17.6. The first kappa shape index (κ1) is 29.1. The fourth-order valence-electron chi connectivity index (χ4n) is 4.84. The van der Waals surface area contributed by atoms with E-state index in [-0.39, 0.29) is 47.9 Å². The number of hydrogen-bond acceptors (Lipinski definition) is 8. The number of nitrogens with zero attached hydrogens (tertiary/aromatic N) is 5. The average molecular weight is 588 g/mol. The van der Waals surface area contributed by atoms with Gasteiger partial charge in [-0.1, -0.05) is 30.3 Å². The third kappa shape index (κ3) is 5.55. The Hall–Kier alpha value is -4.41. The minimum Gasteiger partial charge on any atom is -0.383 e. The molecule has 0 unspecified atom stereocenters. The molecule has 0 saturated carbocycles. The number of aromatic nitrogens is 2. The van der Waals surface area contributed by atoms with E-state index in [1.807, 2.05) is 36.4 Å². The SMILES string of the molecule is COCCN1C(=O)C(C#N)=C(C)/C(=C\c2cn(-c3ccccc3)nc2-c2cccc(S(=O)(=O)N3CCOCC3)c2)C1=O. The van der Waals surface area contributed by atoms with E-state index in [0.717, 1.165) is 10.6 Å². The molecule has 3 heterocycles. The molecule has 2 aromatic carbocycles.